The van der Waals surface area contributed by atoms with E-state index < -0.39 is 11.9 Å². The van der Waals surface area contributed by atoms with E-state index in [0.29, 0.717) is 22.8 Å². The van der Waals surface area contributed by atoms with Crippen LogP contribution in [-0.4, -0.2) is 18.5 Å². The van der Waals surface area contributed by atoms with Gasteiger partial charge in [0.25, 0.3) is 5.91 Å². The second-order valence-electron chi connectivity index (χ2n) is 5.37. The maximum absolute atomic E-state index is 12.0. The van der Waals surface area contributed by atoms with E-state index in [1.807, 2.05) is 30.3 Å². The predicted molar refractivity (Wildman–Crippen MR) is 93.8 cm³/mol. The number of benzene rings is 2. The number of para-hydroxylation sites is 1. The van der Waals surface area contributed by atoms with Gasteiger partial charge in [-0.1, -0.05) is 18.2 Å². The Bertz CT molecular complexity index is 842. The number of esters is 1. The molecule has 0 radical (unpaired) electrons. The molecule has 0 fully saturated rings. The molecule has 0 unspecified atom stereocenters. The maximum atomic E-state index is 12.0. The molecule has 0 aliphatic rings. The van der Waals surface area contributed by atoms with Crippen molar-refractivity contribution in [3.05, 3.63) is 84.3 Å². The number of ether oxygens (including phenoxy) is 2. The molecule has 0 aliphatic heterocycles. The van der Waals surface area contributed by atoms with Crippen molar-refractivity contribution in [1.29, 1.82) is 0 Å². The van der Waals surface area contributed by atoms with Gasteiger partial charge in [-0.2, -0.15) is 0 Å². The fraction of sp³-hybridized carbons (Fsp3) is 0.100. The first-order valence-electron chi connectivity index (χ1n) is 8.00. The molecule has 0 atom stereocenters. The van der Waals surface area contributed by atoms with Gasteiger partial charge in [0.15, 0.2) is 6.61 Å². The minimum absolute atomic E-state index is 0.245. The number of hydrogen-bond acceptors (Lipinski definition) is 5. The first-order chi connectivity index (χ1) is 12.7. The van der Waals surface area contributed by atoms with Crippen molar-refractivity contribution in [1.82, 2.24) is 5.32 Å². The number of furan rings is 1. The lowest BCUT2D eigenvalue weighted by molar-refractivity contribution is -0.124. The Morgan fingerprint density at radius 3 is 2.31 bits per heavy atom. The van der Waals surface area contributed by atoms with Crippen molar-refractivity contribution in [2.45, 2.75) is 6.54 Å². The highest BCUT2D eigenvalue weighted by atomic mass is 16.5. The van der Waals surface area contributed by atoms with Crippen molar-refractivity contribution in [2.24, 2.45) is 0 Å². The summed E-state index contributed by atoms with van der Waals surface area (Å²) < 4.78 is 15.7. The van der Waals surface area contributed by atoms with Crippen molar-refractivity contribution >= 4 is 11.9 Å². The van der Waals surface area contributed by atoms with Crippen molar-refractivity contribution in [2.75, 3.05) is 6.61 Å². The van der Waals surface area contributed by atoms with Gasteiger partial charge in [-0.3, -0.25) is 4.79 Å². The molecule has 3 aromatic rings. The highest BCUT2D eigenvalue weighted by molar-refractivity contribution is 5.91. The molecule has 0 bridgehead atoms. The first kappa shape index (κ1) is 17.3. The van der Waals surface area contributed by atoms with Crippen LogP contribution in [0, 0.1) is 0 Å². The van der Waals surface area contributed by atoms with E-state index in [1.54, 1.807) is 36.4 Å². The van der Waals surface area contributed by atoms with Crippen LogP contribution in [0.1, 0.15) is 16.1 Å². The van der Waals surface area contributed by atoms with Gasteiger partial charge in [-0.05, 0) is 48.5 Å². The molecule has 6 heteroatoms. The summed E-state index contributed by atoms with van der Waals surface area (Å²) >= 11 is 0. The van der Waals surface area contributed by atoms with Crippen LogP contribution in [0.15, 0.2) is 77.4 Å². The third-order valence-corrected chi connectivity index (χ3v) is 3.44. The highest BCUT2D eigenvalue weighted by Gasteiger charge is 2.11. The molecule has 1 N–H and O–H groups in total. The van der Waals surface area contributed by atoms with Crippen LogP contribution < -0.4 is 10.1 Å². The Labute approximate surface area is 150 Å². The van der Waals surface area contributed by atoms with E-state index in [1.165, 1.54) is 6.26 Å². The molecule has 6 nitrogen and oxygen atoms in total. The van der Waals surface area contributed by atoms with E-state index in [2.05, 4.69) is 5.32 Å². The van der Waals surface area contributed by atoms with E-state index >= 15 is 0 Å². The van der Waals surface area contributed by atoms with Gasteiger partial charge in [0.05, 0.1) is 18.4 Å². The van der Waals surface area contributed by atoms with Gasteiger partial charge in [0.2, 0.25) is 0 Å². The quantitative estimate of drug-likeness (QED) is 0.659. The lowest BCUT2D eigenvalue weighted by atomic mass is 10.2. The standard InChI is InChI=1S/C20H17NO5/c22-19(21-13-18-7-4-12-24-18)14-25-20(23)15-8-10-17(11-9-15)26-16-5-2-1-3-6-16/h1-12H,13-14H2,(H,21,22). The summed E-state index contributed by atoms with van der Waals surface area (Å²) in [7, 11) is 0. The van der Waals surface area contributed by atoms with Crippen LogP contribution in [0.4, 0.5) is 0 Å². The van der Waals surface area contributed by atoms with Gasteiger partial charge >= 0.3 is 5.97 Å². The smallest absolute Gasteiger partial charge is 0.338 e. The lowest BCUT2D eigenvalue weighted by Gasteiger charge is -2.07. The molecule has 0 spiro atoms. The molecule has 26 heavy (non-hydrogen) atoms. The molecule has 1 heterocycles. The molecular weight excluding hydrogens is 334 g/mol. The van der Waals surface area contributed by atoms with E-state index in [9.17, 15) is 9.59 Å². The lowest BCUT2D eigenvalue weighted by Crippen LogP contribution is -2.28. The van der Waals surface area contributed by atoms with Crippen LogP contribution >= 0.6 is 0 Å². The minimum Gasteiger partial charge on any atom is -0.467 e. The van der Waals surface area contributed by atoms with Gasteiger partial charge in [-0.15, -0.1) is 0 Å². The van der Waals surface area contributed by atoms with Crippen LogP contribution in [0.2, 0.25) is 0 Å². The molecule has 1 amide bonds. The van der Waals surface area contributed by atoms with Crippen molar-refractivity contribution < 1.29 is 23.5 Å². The highest BCUT2D eigenvalue weighted by Crippen LogP contribution is 2.21. The van der Waals surface area contributed by atoms with Crippen LogP contribution in [0.5, 0.6) is 11.5 Å². The van der Waals surface area contributed by atoms with Gasteiger partial charge in [0, 0.05) is 0 Å². The van der Waals surface area contributed by atoms with E-state index in [4.69, 9.17) is 13.9 Å². The third kappa shape index (κ3) is 4.98. The molecule has 0 saturated carbocycles. The zero-order chi connectivity index (χ0) is 18.2. The number of rotatable bonds is 7. The number of nitrogens with one attached hydrogen (secondary N) is 1. The number of hydrogen-bond donors (Lipinski definition) is 1. The summed E-state index contributed by atoms with van der Waals surface area (Å²) in [6.07, 6.45) is 1.52. The van der Waals surface area contributed by atoms with Crippen LogP contribution in [-0.2, 0) is 16.1 Å². The summed E-state index contributed by atoms with van der Waals surface area (Å²) in [5.41, 5.74) is 0.337. The third-order valence-electron chi connectivity index (χ3n) is 3.44. The zero-order valence-electron chi connectivity index (χ0n) is 13.9. The second kappa shape index (κ2) is 8.53. The fourth-order valence-electron chi connectivity index (χ4n) is 2.15. The molecule has 3 rings (SSSR count). The fourth-order valence-corrected chi connectivity index (χ4v) is 2.15. The van der Waals surface area contributed by atoms with Crippen molar-refractivity contribution in [3.63, 3.8) is 0 Å². The predicted octanol–water partition coefficient (Wildman–Crippen LogP) is 3.55. The Kier molecular flexibility index (Phi) is 5.67. The Morgan fingerprint density at radius 2 is 1.62 bits per heavy atom. The van der Waals surface area contributed by atoms with Gasteiger partial charge < -0.3 is 19.2 Å². The summed E-state index contributed by atoms with van der Waals surface area (Å²) in [4.78, 5) is 23.7. The van der Waals surface area contributed by atoms with E-state index in [0.717, 1.165) is 0 Å². The first-order valence-corrected chi connectivity index (χ1v) is 8.00. The Hall–Kier alpha value is -3.54. The molecule has 0 saturated heterocycles. The Morgan fingerprint density at radius 1 is 0.885 bits per heavy atom. The monoisotopic (exact) mass is 351 g/mol. The number of carbonyl (C=O) groups is 2. The topological polar surface area (TPSA) is 77.8 Å². The second-order valence-corrected chi connectivity index (χ2v) is 5.37. The normalized spacial score (nSPS) is 10.2. The summed E-state index contributed by atoms with van der Waals surface area (Å²) in [6.45, 7) is -0.114. The molecule has 2 aromatic carbocycles. The molecule has 0 aliphatic carbocycles. The summed E-state index contributed by atoms with van der Waals surface area (Å²) in [5, 5.41) is 2.60. The maximum Gasteiger partial charge on any atom is 0.338 e. The zero-order valence-corrected chi connectivity index (χ0v) is 13.9. The SMILES string of the molecule is O=C(COC(=O)c1ccc(Oc2ccccc2)cc1)NCc1ccco1. The number of amides is 1. The molecule has 132 valence electrons. The average Bonchev–Trinajstić information content (AvgIpc) is 3.19. The molecular formula is C20H17NO5. The summed E-state index contributed by atoms with van der Waals surface area (Å²) in [6, 6.07) is 19.3. The Balaban J connectivity index is 1.46. The van der Waals surface area contributed by atoms with Crippen molar-refractivity contribution in [3.8, 4) is 11.5 Å². The van der Waals surface area contributed by atoms with E-state index in [-0.39, 0.29) is 13.2 Å². The molecule has 1 aromatic heterocycles. The average molecular weight is 351 g/mol. The number of carbonyl (C=O) groups excluding carboxylic acids is 2. The summed E-state index contributed by atoms with van der Waals surface area (Å²) in [5.74, 6) is 0.946. The van der Waals surface area contributed by atoms with Crippen LogP contribution in [0.25, 0.3) is 0 Å². The van der Waals surface area contributed by atoms with Crippen LogP contribution in [0.3, 0.4) is 0 Å². The van der Waals surface area contributed by atoms with Gasteiger partial charge in [0.1, 0.15) is 17.3 Å². The minimum atomic E-state index is -0.579. The van der Waals surface area contributed by atoms with Gasteiger partial charge in [-0.25, -0.2) is 4.79 Å². The largest absolute Gasteiger partial charge is 0.467 e.